The van der Waals surface area contributed by atoms with Gasteiger partial charge in [0.15, 0.2) is 11.5 Å². The molecule has 0 radical (unpaired) electrons. The molecule has 2 amide bonds. The molecule has 0 aromatic heterocycles. The maximum atomic E-state index is 12.8. The number of aryl methyl sites for hydroxylation is 1. The van der Waals surface area contributed by atoms with Gasteiger partial charge in [-0.15, -0.1) is 0 Å². The average Bonchev–Trinajstić information content (AvgIpc) is 2.91. The van der Waals surface area contributed by atoms with Gasteiger partial charge in [0.1, 0.15) is 12.6 Å². The molecule has 9 heteroatoms. The number of benzene rings is 3. The third-order valence-corrected chi connectivity index (χ3v) is 6.37. The third kappa shape index (κ3) is 8.16. The number of hydrogen-bond acceptors (Lipinski definition) is 6. The minimum Gasteiger partial charge on any atom is -0.490 e. The average molecular weight is 592 g/mol. The smallest absolute Gasteiger partial charge is 0.262 e. The van der Waals surface area contributed by atoms with Crippen molar-refractivity contribution in [3.8, 4) is 17.6 Å². The van der Waals surface area contributed by atoms with Crippen LogP contribution in [-0.4, -0.2) is 30.7 Å². The van der Waals surface area contributed by atoms with Gasteiger partial charge in [-0.1, -0.05) is 49.7 Å². The van der Waals surface area contributed by atoms with E-state index in [0.717, 1.165) is 11.1 Å². The molecular formula is C30H31BrN4O4. The van der Waals surface area contributed by atoms with Crippen molar-refractivity contribution in [1.29, 1.82) is 5.26 Å². The van der Waals surface area contributed by atoms with E-state index in [1.807, 2.05) is 52.0 Å². The molecule has 202 valence electrons. The van der Waals surface area contributed by atoms with Crippen LogP contribution < -0.4 is 20.2 Å². The molecule has 8 nitrogen and oxygen atoms in total. The molecule has 0 aliphatic rings. The number of halogens is 1. The lowest BCUT2D eigenvalue weighted by atomic mass is 10.0. The van der Waals surface area contributed by atoms with Crippen molar-refractivity contribution >= 4 is 34.0 Å². The lowest BCUT2D eigenvalue weighted by molar-refractivity contribution is -0.123. The number of nitriles is 1. The largest absolute Gasteiger partial charge is 0.490 e. The number of amides is 2. The summed E-state index contributed by atoms with van der Waals surface area (Å²) in [5.74, 6) is 0.0629. The number of nitrogens with zero attached hydrogens (tertiary/aromatic N) is 2. The number of ether oxygens (including phenoxy) is 2. The van der Waals surface area contributed by atoms with Crippen LogP contribution in [0.2, 0.25) is 0 Å². The zero-order valence-corrected chi connectivity index (χ0v) is 23.9. The molecule has 3 rings (SSSR count). The van der Waals surface area contributed by atoms with Crippen molar-refractivity contribution in [2.45, 2.75) is 40.3 Å². The summed E-state index contributed by atoms with van der Waals surface area (Å²) in [6.45, 7) is 8.10. The highest BCUT2D eigenvalue weighted by molar-refractivity contribution is 9.10. The zero-order valence-electron chi connectivity index (χ0n) is 22.3. The van der Waals surface area contributed by atoms with E-state index in [-0.39, 0.29) is 18.4 Å². The summed E-state index contributed by atoms with van der Waals surface area (Å²) >= 11 is 3.53. The molecule has 0 bridgehead atoms. The summed E-state index contributed by atoms with van der Waals surface area (Å²) in [5, 5.41) is 16.2. The first kappa shape index (κ1) is 29.4. The standard InChI is InChI=1S/C30H31BrN4O4/c1-5-38-26-15-21(14-25(31)28(26)39-18-24-9-7-6-8-23(24)16-32)17-33-35-30(37)27(19(2)3)34-29(36)22-12-10-20(4)11-13-22/h6-15,17,19,27H,5,18H2,1-4H3,(H,34,36)(H,35,37)/b33-17+. The van der Waals surface area contributed by atoms with Crippen molar-refractivity contribution in [2.75, 3.05) is 6.61 Å². The van der Waals surface area contributed by atoms with Gasteiger partial charge in [0.25, 0.3) is 11.8 Å². The molecule has 39 heavy (non-hydrogen) atoms. The molecule has 1 atom stereocenters. The predicted molar refractivity (Wildman–Crippen MR) is 154 cm³/mol. The van der Waals surface area contributed by atoms with Crippen molar-refractivity contribution in [1.82, 2.24) is 10.7 Å². The number of nitrogens with one attached hydrogen (secondary N) is 2. The lowest BCUT2D eigenvalue weighted by Gasteiger charge is -2.20. The molecule has 0 heterocycles. The molecule has 0 saturated heterocycles. The van der Waals surface area contributed by atoms with E-state index in [4.69, 9.17) is 9.47 Å². The zero-order chi connectivity index (χ0) is 28.4. The van der Waals surface area contributed by atoms with Gasteiger partial charge < -0.3 is 14.8 Å². The molecular weight excluding hydrogens is 560 g/mol. The van der Waals surface area contributed by atoms with Crippen LogP contribution in [0.3, 0.4) is 0 Å². The van der Waals surface area contributed by atoms with Crippen LogP contribution in [0.5, 0.6) is 11.5 Å². The molecule has 0 saturated carbocycles. The van der Waals surface area contributed by atoms with Crippen molar-refractivity contribution in [3.05, 3.63) is 93.0 Å². The minimum absolute atomic E-state index is 0.157. The summed E-state index contributed by atoms with van der Waals surface area (Å²) in [6.07, 6.45) is 1.49. The second kappa shape index (κ2) is 14.1. The summed E-state index contributed by atoms with van der Waals surface area (Å²) in [5.41, 5.74) is 6.00. The van der Waals surface area contributed by atoms with Crippen LogP contribution in [0.25, 0.3) is 0 Å². The second-order valence-electron chi connectivity index (χ2n) is 9.12. The van der Waals surface area contributed by atoms with E-state index in [0.29, 0.717) is 39.3 Å². The SMILES string of the molecule is CCOc1cc(/C=N/NC(=O)C(NC(=O)c2ccc(C)cc2)C(C)C)cc(Br)c1OCc1ccccc1C#N. The predicted octanol–water partition coefficient (Wildman–Crippen LogP) is 5.51. The number of carbonyl (C=O) groups excluding carboxylic acids is 2. The molecule has 0 fully saturated rings. The Hall–Kier alpha value is -4.16. The highest BCUT2D eigenvalue weighted by Crippen LogP contribution is 2.37. The van der Waals surface area contributed by atoms with Crippen LogP contribution >= 0.6 is 15.9 Å². The Morgan fingerprint density at radius 1 is 1.10 bits per heavy atom. The van der Waals surface area contributed by atoms with Gasteiger partial charge in [0.05, 0.1) is 28.9 Å². The molecule has 1 unspecified atom stereocenters. The first-order valence-corrected chi connectivity index (χ1v) is 13.3. The van der Waals surface area contributed by atoms with Crippen LogP contribution in [0.4, 0.5) is 0 Å². The highest BCUT2D eigenvalue weighted by Gasteiger charge is 2.24. The Kier molecular flexibility index (Phi) is 10.6. The topological polar surface area (TPSA) is 113 Å². The Bertz CT molecular complexity index is 1380. The first-order chi connectivity index (χ1) is 18.7. The van der Waals surface area contributed by atoms with Crippen LogP contribution in [0, 0.1) is 24.2 Å². The van der Waals surface area contributed by atoms with Gasteiger partial charge in [-0.3, -0.25) is 9.59 Å². The molecule has 3 aromatic rings. The van der Waals surface area contributed by atoms with Gasteiger partial charge in [0.2, 0.25) is 0 Å². The summed E-state index contributed by atoms with van der Waals surface area (Å²) in [7, 11) is 0. The lowest BCUT2D eigenvalue weighted by Crippen LogP contribution is -2.48. The van der Waals surface area contributed by atoms with Crippen molar-refractivity contribution in [3.63, 3.8) is 0 Å². The fourth-order valence-corrected chi connectivity index (χ4v) is 4.25. The molecule has 2 N–H and O–H groups in total. The highest BCUT2D eigenvalue weighted by atomic mass is 79.9. The Morgan fingerprint density at radius 2 is 1.82 bits per heavy atom. The fraction of sp³-hybridized carbons (Fsp3) is 0.267. The quantitative estimate of drug-likeness (QED) is 0.226. The number of hydrogen-bond donors (Lipinski definition) is 2. The van der Waals surface area contributed by atoms with Gasteiger partial charge >= 0.3 is 0 Å². The minimum atomic E-state index is -0.770. The number of hydrazone groups is 1. The van der Waals surface area contributed by atoms with E-state index in [9.17, 15) is 14.9 Å². The summed E-state index contributed by atoms with van der Waals surface area (Å²) in [4.78, 5) is 25.5. The third-order valence-electron chi connectivity index (χ3n) is 5.78. The summed E-state index contributed by atoms with van der Waals surface area (Å²) in [6, 6.07) is 19.3. The Balaban J connectivity index is 1.70. The van der Waals surface area contributed by atoms with E-state index >= 15 is 0 Å². The van der Waals surface area contributed by atoms with E-state index in [2.05, 4.69) is 37.8 Å². The van der Waals surface area contributed by atoms with Gasteiger partial charge in [-0.2, -0.15) is 10.4 Å². The number of rotatable bonds is 11. The van der Waals surface area contributed by atoms with Crippen LogP contribution in [0.15, 0.2) is 70.2 Å². The van der Waals surface area contributed by atoms with Crippen molar-refractivity contribution in [2.24, 2.45) is 11.0 Å². The Labute approximate surface area is 237 Å². The Morgan fingerprint density at radius 3 is 2.49 bits per heavy atom. The van der Waals surface area contributed by atoms with Crippen molar-refractivity contribution < 1.29 is 19.1 Å². The molecule has 0 aliphatic heterocycles. The van der Waals surface area contributed by atoms with Crippen LogP contribution in [-0.2, 0) is 11.4 Å². The van der Waals surface area contributed by atoms with Gasteiger partial charge in [-0.05, 0) is 71.6 Å². The van der Waals surface area contributed by atoms with Gasteiger partial charge in [-0.25, -0.2) is 5.43 Å². The van der Waals surface area contributed by atoms with E-state index in [1.54, 1.807) is 36.4 Å². The second-order valence-corrected chi connectivity index (χ2v) is 9.97. The molecule has 3 aromatic carbocycles. The monoisotopic (exact) mass is 590 g/mol. The number of carbonyl (C=O) groups is 2. The van der Waals surface area contributed by atoms with Crippen LogP contribution in [0.1, 0.15) is 53.4 Å². The molecule has 0 aliphatic carbocycles. The normalized spacial score (nSPS) is 11.6. The first-order valence-electron chi connectivity index (χ1n) is 12.5. The maximum absolute atomic E-state index is 12.8. The fourth-order valence-electron chi connectivity index (χ4n) is 3.68. The molecule has 0 spiro atoms. The van der Waals surface area contributed by atoms with Gasteiger partial charge in [0, 0.05) is 11.1 Å². The van der Waals surface area contributed by atoms with E-state index < -0.39 is 11.9 Å². The maximum Gasteiger partial charge on any atom is 0.262 e. The van der Waals surface area contributed by atoms with E-state index in [1.165, 1.54) is 6.21 Å². The summed E-state index contributed by atoms with van der Waals surface area (Å²) < 4.78 is 12.4.